The van der Waals surface area contributed by atoms with E-state index in [4.69, 9.17) is 15.6 Å². The van der Waals surface area contributed by atoms with E-state index in [-0.39, 0.29) is 25.7 Å². The second-order valence-electron chi connectivity index (χ2n) is 4.03. The molecule has 0 aliphatic carbocycles. The summed E-state index contributed by atoms with van der Waals surface area (Å²) in [6.07, 6.45) is 0. The first-order valence-electron chi connectivity index (χ1n) is 5.87. The van der Waals surface area contributed by atoms with E-state index >= 15 is 0 Å². The summed E-state index contributed by atoms with van der Waals surface area (Å²) in [6, 6.07) is 8.90. The topological polar surface area (TPSA) is 75.8 Å². The first-order chi connectivity index (χ1) is 8.69. The minimum Gasteiger partial charge on any atom is -0.395 e. The van der Waals surface area contributed by atoms with E-state index in [1.165, 1.54) is 7.11 Å². The van der Waals surface area contributed by atoms with Gasteiger partial charge in [0.05, 0.1) is 13.2 Å². The van der Waals surface area contributed by atoms with Gasteiger partial charge in [0.1, 0.15) is 6.04 Å². The Morgan fingerprint density at radius 1 is 1.44 bits per heavy atom. The molecule has 1 rings (SSSR count). The fourth-order valence-corrected chi connectivity index (χ4v) is 1.68. The van der Waals surface area contributed by atoms with Crippen LogP contribution in [0.2, 0.25) is 0 Å². The molecule has 1 aromatic carbocycles. The van der Waals surface area contributed by atoms with Crippen LogP contribution in [-0.4, -0.2) is 48.8 Å². The lowest BCUT2D eigenvalue weighted by Crippen LogP contribution is -2.46. The molecular formula is C13H20N2O3. The molecule has 5 nitrogen and oxygen atoms in total. The van der Waals surface area contributed by atoms with Gasteiger partial charge in [-0.1, -0.05) is 30.3 Å². The average molecular weight is 252 g/mol. The van der Waals surface area contributed by atoms with Crippen LogP contribution >= 0.6 is 0 Å². The SMILES string of the molecule is COCC(N)C(=O)N(CCO)Cc1ccccc1. The summed E-state index contributed by atoms with van der Waals surface area (Å²) in [6.45, 7) is 0.802. The molecule has 0 bridgehead atoms. The molecule has 0 heterocycles. The number of amides is 1. The molecule has 0 fully saturated rings. The van der Waals surface area contributed by atoms with Crippen molar-refractivity contribution in [3.8, 4) is 0 Å². The monoisotopic (exact) mass is 252 g/mol. The maximum atomic E-state index is 12.0. The average Bonchev–Trinajstić information content (AvgIpc) is 2.39. The molecule has 3 N–H and O–H groups in total. The zero-order valence-electron chi connectivity index (χ0n) is 10.6. The van der Waals surface area contributed by atoms with Crippen molar-refractivity contribution in [2.45, 2.75) is 12.6 Å². The van der Waals surface area contributed by atoms with Crippen LogP contribution in [-0.2, 0) is 16.1 Å². The van der Waals surface area contributed by atoms with Crippen LogP contribution in [0.25, 0.3) is 0 Å². The van der Waals surface area contributed by atoms with Gasteiger partial charge in [-0.15, -0.1) is 0 Å². The Morgan fingerprint density at radius 3 is 2.67 bits per heavy atom. The van der Waals surface area contributed by atoms with Crippen LogP contribution < -0.4 is 5.73 Å². The van der Waals surface area contributed by atoms with Crippen molar-refractivity contribution >= 4 is 5.91 Å². The number of nitrogens with two attached hydrogens (primary N) is 1. The number of hydrogen-bond donors (Lipinski definition) is 2. The summed E-state index contributed by atoms with van der Waals surface area (Å²) in [7, 11) is 1.50. The molecule has 1 atom stereocenters. The van der Waals surface area contributed by atoms with E-state index in [9.17, 15) is 4.79 Å². The van der Waals surface area contributed by atoms with E-state index in [0.717, 1.165) is 5.56 Å². The maximum absolute atomic E-state index is 12.0. The molecule has 0 radical (unpaired) electrons. The number of methoxy groups -OCH3 is 1. The number of carbonyl (C=O) groups excluding carboxylic acids is 1. The minimum absolute atomic E-state index is 0.0850. The highest BCUT2D eigenvalue weighted by Crippen LogP contribution is 2.05. The number of hydrogen-bond acceptors (Lipinski definition) is 4. The molecule has 0 aliphatic heterocycles. The van der Waals surface area contributed by atoms with Crippen LogP contribution in [0.5, 0.6) is 0 Å². The summed E-state index contributed by atoms with van der Waals surface area (Å²) in [4.78, 5) is 13.6. The molecule has 5 heteroatoms. The summed E-state index contributed by atoms with van der Waals surface area (Å²) < 4.78 is 4.87. The van der Waals surface area contributed by atoms with Crippen molar-refractivity contribution in [1.82, 2.24) is 4.90 Å². The smallest absolute Gasteiger partial charge is 0.242 e. The van der Waals surface area contributed by atoms with E-state index in [0.29, 0.717) is 6.54 Å². The van der Waals surface area contributed by atoms with E-state index in [2.05, 4.69) is 0 Å². The van der Waals surface area contributed by atoms with Gasteiger partial charge in [0.25, 0.3) is 0 Å². The lowest BCUT2D eigenvalue weighted by molar-refractivity contribution is -0.134. The number of aliphatic hydroxyl groups excluding tert-OH is 1. The maximum Gasteiger partial charge on any atom is 0.242 e. The number of ether oxygens (including phenoxy) is 1. The van der Waals surface area contributed by atoms with E-state index in [1.54, 1.807) is 4.90 Å². The molecule has 1 aromatic rings. The number of benzene rings is 1. The van der Waals surface area contributed by atoms with Crippen molar-refractivity contribution in [1.29, 1.82) is 0 Å². The number of nitrogens with zero attached hydrogens (tertiary/aromatic N) is 1. The summed E-state index contributed by atoms with van der Waals surface area (Å²) in [5.74, 6) is -0.213. The molecule has 0 spiro atoms. The lowest BCUT2D eigenvalue weighted by atomic mass is 10.2. The summed E-state index contributed by atoms with van der Waals surface area (Å²) in [5.41, 5.74) is 6.72. The van der Waals surface area contributed by atoms with Gasteiger partial charge < -0.3 is 20.5 Å². The van der Waals surface area contributed by atoms with Crippen LogP contribution in [0.3, 0.4) is 0 Å². The Morgan fingerprint density at radius 2 is 2.11 bits per heavy atom. The van der Waals surface area contributed by atoms with Crippen LogP contribution in [0, 0.1) is 0 Å². The van der Waals surface area contributed by atoms with Gasteiger partial charge >= 0.3 is 0 Å². The molecule has 0 aromatic heterocycles. The zero-order valence-corrected chi connectivity index (χ0v) is 10.6. The van der Waals surface area contributed by atoms with Crippen LogP contribution in [0.4, 0.5) is 0 Å². The van der Waals surface area contributed by atoms with Gasteiger partial charge in [-0.2, -0.15) is 0 Å². The van der Waals surface area contributed by atoms with Crippen molar-refractivity contribution < 1.29 is 14.6 Å². The highest BCUT2D eigenvalue weighted by atomic mass is 16.5. The fourth-order valence-electron chi connectivity index (χ4n) is 1.68. The third-order valence-corrected chi connectivity index (χ3v) is 2.56. The van der Waals surface area contributed by atoms with Crippen molar-refractivity contribution in [2.24, 2.45) is 5.73 Å². The van der Waals surface area contributed by atoms with Gasteiger partial charge in [-0.3, -0.25) is 4.79 Å². The highest BCUT2D eigenvalue weighted by molar-refractivity contribution is 5.81. The molecule has 100 valence electrons. The third kappa shape index (κ3) is 4.44. The quantitative estimate of drug-likeness (QED) is 0.715. The van der Waals surface area contributed by atoms with E-state index in [1.807, 2.05) is 30.3 Å². The van der Waals surface area contributed by atoms with Gasteiger partial charge in [-0.25, -0.2) is 0 Å². The first-order valence-corrected chi connectivity index (χ1v) is 5.87. The third-order valence-electron chi connectivity index (χ3n) is 2.56. The standard InChI is InChI=1S/C13H20N2O3/c1-18-10-12(14)13(17)15(7-8-16)9-11-5-3-2-4-6-11/h2-6,12,16H,7-10,14H2,1H3. The summed E-state index contributed by atoms with van der Waals surface area (Å²) in [5, 5.41) is 9.01. The second kappa shape index (κ2) is 7.81. The van der Waals surface area contributed by atoms with Gasteiger partial charge in [0, 0.05) is 20.2 Å². The second-order valence-corrected chi connectivity index (χ2v) is 4.03. The predicted octanol–water partition coefficient (Wildman–Crippen LogP) is -0.0188. The first kappa shape index (κ1) is 14.6. The number of rotatable bonds is 7. The Labute approximate surface area is 107 Å². The van der Waals surface area contributed by atoms with Gasteiger partial charge in [-0.05, 0) is 5.56 Å². The Hall–Kier alpha value is -1.43. The number of aliphatic hydroxyl groups is 1. The predicted molar refractivity (Wildman–Crippen MR) is 68.8 cm³/mol. The van der Waals surface area contributed by atoms with Crippen LogP contribution in [0.15, 0.2) is 30.3 Å². The lowest BCUT2D eigenvalue weighted by Gasteiger charge is -2.24. The Bertz CT molecular complexity index is 357. The van der Waals surface area contributed by atoms with E-state index < -0.39 is 6.04 Å². The molecule has 0 aliphatic rings. The molecule has 0 saturated carbocycles. The van der Waals surface area contributed by atoms with Crippen molar-refractivity contribution in [2.75, 3.05) is 26.9 Å². The molecular weight excluding hydrogens is 232 g/mol. The van der Waals surface area contributed by atoms with Crippen molar-refractivity contribution in [3.05, 3.63) is 35.9 Å². The Kier molecular flexibility index (Phi) is 6.35. The largest absolute Gasteiger partial charge is 0.395 e. The highest BCUT2D eigenvalue weighted by Gasteiger charge is 2.20. The van der Waals surface area contributed by atoms with Crippen molar-refractivity contribution in [3.63, 3.8) is 0 Å². The molecule has 18 heavy (non-hydrogen) atoms. The number of carbonyl (C=O) groups is 1. The van der Waals surface area contributed by atoms with Gasteiger partial charge in [0.2, 0.25) is 5.91 Å². The van der Waals surface area contributed by atoms with Gasteiger partial charge in [0.15, 0.2) is 0 Å². The molecule has 1 amide bonds. The Balaban J connectivity index is 2.67. The minimum atomic E-state index is -0.690. The molecule has 0 saturated heterocycles. The zero-order chi connectivity index (χ0) is 13.4. The fraction of sp³-hybridized carbons (Fsp3) is 0.462. The molecule has 1 unspecified atom stereocenters. The normalized spacial score (nSPS) is 12.2. The summed E-state index contributed by atoms with van der Waals surface area (Å²) >= 11 is 0. The van der Waals surface area contributed by atoms with Crippen LogP contribution in [0.1, 0.15) is 5.56 Å².